The number of carbonyl (C=O) groups is 1. The van der Waals surface area contributed by atoms with Crippen LogP contribution >= 0.6 is 12.4 Å². The highest BCUT2D eigenvalue weighted by Crippen LogP contribution is 2.24. The molecule has 8 heteroatoms. The van der Waals surface area contributed by atoms with E-state index in [1.165, 1.54) is 0 Å². The van der Waals surface area contributed by atoms with Crippen LogP contribution in [0.2, 0.25) is 0 Å². The molecule has 18 heavy (non-hydrogen) atoms. The molecule has 1 heterocycles. The first-order valence-corrected chi connectivity index (χ1v) is 5.51. The zero-order chi connectivity index (χ0) is 12.7. The molecule has 1 fully saturated rings. The lowest BCUT2D eigenvalue weighted by Crippen LogP contribution is -2.41. The molecule has 0 aromatic carbocycles. The molecule has 2 N–H and O–H groups in total. The number of halogens is 3. The number of methoxy groups -OCH3 is 1. The Hall–Kier alpha value is -0.500. The Bertz CT molecular complexity index is 257. The molecule has 1 rings (SSSR count). The molecule has 0 saturated carbocycles. The van der Waals surface area contributed by atoms with Crippen molar-refractivity contribution in [2.75, 3.05) is 40.0 Å². The number of alkyl halides is 2. The molecule has 0 radical (unpaired) electrons. The van der Waals surface area contributed by atoms with Crippen molar-refractivity contribution >= 4 is 18.3 Å². The Morgan fingerprint density at radius 2 is 2.17 bits per heavy atom. The van der Waals surface area contributed by atoms with Gasteiger partial charge in [-0.3, -0.25) is 10.1 Å². The standard InChI is InChI=1S/C10H18F2N2O3.ClH/c1-16-4-5-17-3-2-13-9(15)8-6-10(11,12)7-14-8;/h8,14H,2-7H2,1H3,(H,13,15);1H. The lowest BCUT2D eigenvalue weighted by atomic mass is 10.2. The van der Waals surface area contributed by atoms with E-state index in [0.717, 1.165) is 0 Å². The summed E-state index contributed by atoms with van der Waals surface area (Å²) in [5.41, 5.74) is 0. The lowest BCUT2D eigenvalue weighted by molar-refractivity contribution is -0.123. The molecule has 0 bridgehead atoms. The third kappa shape index (κ3) is 6.44. The fourth-order valence-corrected chi connectivity index (χ4v) is 1.51. The normalized spacial score (nSPS) is 21.4. The molecule has 5 nitrogen and oxygen atoms in total. The van der Waals surface area contributed by atoms with E-state index in [2.05, 4.69) is 10.6 Å². The fourth-order valence-electron chi connectivity index (χ4n) is 1.51. The minimum absolute atomic E-state index is 0. The van der Waals surface area contributed by atoms with Gasteiger partial charge in [0.1, 0.15) is 0 Å². The van der Waals surface area contributed by atoms with Crippen LogP contribution in [0.4, 0.5) is 8.78 Å². The van der Waals surface area contributed by atoms with Gasteiger partial charge >= 0.3 is 0 Å². The van der Waals surface area contributed by atoms with Gasteiger partial charge in [0.05, 0.1) is 32.4 Å². The molecule has 1 amide bonds. The van der Waals surface area contributed by atoms with Crippen molar-refractivity contribution in [2.24, 2.45) is 0 Å². The van der Waals surface area contributed by atoms with E-state index in [-0.39, 0.29) is 12.4 Å². The number of carbonyl (C=O) groups excluding carboxylic acids is 1. The van der Waals surface area contributed by atoms with Crippen LogP contribution in [0, 0.1) is 0 Å². The van der Waals surface area contributed by atoms with Crippen LogP contribution < -0.4 is 10.6 Å². The van der Waals surface area contributed by atoms with E-state index in [9.17, 15) is 13.6 Å². The van der Waals surface area contributed by atoms with Crippen molar-refractivity contribution in [1.82, 2.24) is 10.6 Å². The Morgan fingerprint density at radius 1 is 1.44 bits per heavy atom. The third-order valence-electron chi connectivity index (χ3n) is 2.40. The molecule has 0 spiro atoms. The van der Waals surface area contributed by atoms with Crippen molar-refractivity contribution in [3.8, 4) is 0 Å². The number of rotatable bonds is 7. The summed E-state index contributed by atoms with van der Waals surface area (Å²) in [6.45, 7) is 1.16. The highest BCUT2D eigenvalue weighted by Gasteiger charge is 2.42. The third-order valence-corrected chi connectivity index (χ3v) is 2.40. The predicted molar refractivity (Wildman–Crippen MR) is 64.3 cm³/mol. The van der Waals surface area contributed by atoms with Crippen molar-refractivity contribution < 1.29 is 23.0 Å². The number of hydrogen-bond donors (Lipinski definition) is 2. The molecule has 1 atom stereocenters. The van der Waals surface area contributed by atoms with E-state index in [1.807, 2.05) is 0 Å². The molecule has 0 aromatic rings. The van der Waals surface area contributed by atoms with Crippen LogP contribution in [0.1, 0.15) is 6.42 Å². The van der Waals surface area contributed by atoms with E-state index in [1.54, 1.807) is 7.11 Å². The zero-order valence-electron chi connectivity index (χ0n) is 10.2. The summed E-state index contributed by atoms with van der Waals surface area (Å²) >= 11 is 0. The molecule has 1 unspecified atom stereocenters. The van der Waals surface area contributed by atoms with Gasteiger partial charge in [-0.2, -0.15) is 0 Å². The minimum Gasteiger partial charge on any atom is -0.382 e. The predicted octanol–water partition coefficient (Wildman–Crippen LogP) is 0.185. The highest BCUT2D eigenvalue weighted by molar-refractivity contribution is 5.85. The average molecular weight is 289 g/mol. The first kappa shape index (κ1) is 17.5. The molecule has 108 valence electrons. The van der Waals surface area contributed by atoms with Crippen molar-refractivity contribution in [3.63, 3.8) is 0 Å². The van der Waals surface area contributed by atoms with Crippen LogP contribution in [-0.4, -0.2) is 57.9 Å². The topological polar surface area (TPSA) is 59.6 Å². The maximum Gasteiger partial charge on any atom is 0.262 e. The maximum absolute atomic E-state index is 12.8. The van der Waals surface area contributed by atoms with Crippen LogP contribution in [0.25, 0.3) is 0 Å². The highest BCUT2D eigenvalue weighted by atomic mass is 35.5. The van der Waals surface area contributed by atoms with Gasteiger partial charge in [0, 0.05) is 20.1 Å². The van der Waals surface area contributed by atoms with Crippen molar-refractivity contribution in [1.29, 1.82) is 0 Å². The number of hydrogen-bond acceptors (Lipinski definition) is 4. The van der Waals surface area contributed by atoms with Gasteiger partial charge in [0.25, 0.3) is 5.92 Å². The summed E-state index contributed by atoms with van der Waals surface area (Å²) < 4.78 is 35.5. The van der Waals surface area contributed by atoms with Gasteiger partial charge in [-0.1, -0.05) is 0 Å². The number of ether oxygens (including phenoxy) is 2. The van der Waals surface area contributed by atoms with E-state index in [4.69, 9.17) is 9.47 Å². The molecule has 0 aliphatic carbocycles. The summed E-state index contributed by atoms with van der Waals surface area (Å²) in [4.78, 5) is 11.4. The second kappa shape index (κ2) is 8.58. The second-order valence-electron chi connectivity index (χ2n) is 3.89. The van der Waals surface area contributed by atoms with Crippen LogP contribution in [0.5, 0.6) is 0 Å². The molecular weight excluding hydrogens is 270 g/mol. The Balaban J connectivity index is 0.00000289. The Kier molecular flexibility index (Phi) is 8.34. The van der Waals surface area contributed by atoms with Crippen LogP contribution in [-0.2, 0) is 14.3 Å². The number of amides is 1. The second-order valence-corrected chi connectivity index (χ2v) is 3.89. The number of nitrogens with one attached hydrogen (secondary N) is 2. The van der Waals surface area contributed by atoms with E-state index >= 15 is 0 Å². The van der Waals surface area contributed by atoms with Crippen LogP contribution in [0.3, 0.4) is 0 Å². The molecule has 1 aliphatic heterocycles. The maximum atomic E-state index is 12.8. The van der Waals surface area contributed by atoms with Gasteiger partial charge < -0.3 is 14.8 Å². The van der Waals surface area contributed by atoms with Crippen molar-refractivity contribution in [2.45, 2.75) is 18.4 Å². The molecule has 1 saturated heterocycles. The van der Waals surface area contributed by atoms with Gasteiger partial charge in [-0.25, -0.2) is 8.78 Å². The monoisotopic (exact) mass is 288 g/mol. The first-order valence-electron chi connectivity index (χ1n) is 5.51. The lowest BCUT2D eigenvalue weighted by Gasteiger charge is -2.11. The Morgan fingerprint density at radius 3 is 2.72 bits per heavy atom. The van der Waals surface area contributed by atoms with E-state index < -0.39 is 30.8 Å². The molecule has 1 aliphatic rings. The van der Waals surface area contributed by atoms with Gasteiger partial charge in [0.15, 0.2) is 0 Å². The largest absolute Gasteiger partial charge is 0.382 e. The first-order chi connectivity index (χ1) is 8.05. The summed E-state index contributed by atoms with van der Waals surface area (Å²) in [6.07, 6.45) is -0.441. The summed E-state index contributed by atoms with van der Waals surface area (Å²) in [6, 6.07) is -0.802. The smallest absolute Gasteiger partial charge is 0.262 e. The zero-order valence-corrected chi connectivity index (χ0v) is 11.0. The minimum atomic E-state index is -2.78. The summed E-state index contributed by atoms with van der Waals surface area (Å²) in [5.74, 6) is -3.19. The van der Waals surface area contributed by atoms with Gasteiger partial charge in [-0.15, -0.1) is 12.4 Å². The summed E-state index contributed by atoms with van der Waals surface area (Å²) in [7, 11) is 1.57. The SMILES string of the molecule is COCCOCCNC(=O)C1CC(F)(F)CN1.Cl. The quantitative estimate of drug-likeness (QED) is 0.657. The van der Waals surface area contributed by atoms with Gasteiger partial charge in [-0.05, 0) is 0 Å². The Labute approximate surface area is 111 Å². The van der Waals surface area contributed by atoms with Gasteiger partial charge in [0.2, 0.25) is 5.91 Å². The molecular formula is C10H19ClF2N2O3. The summed E-state index contributed by atoms with van der Waals surface area (Å²) in [5, 5.41) is 5.02. The van der Waals surface area contributed by atoms with Crippen LogP contribution in [0.15, 0.2) is 0 Å². The fraction of sp³-hybridized carbons (Fsp3) is 0.900. The average Bonchev–Trinajstić information content (AvgIpc) is 2.64. The van der Waals surface area contributed by atoms with E-state index in [0.29, 0.717) is 26.4 Å². The molecule has 0 aromatic heterocycles. The van der Waals surface area contributed by atoms with Crippen molar-refractivity contribution in [3.05, 3.63) is 0 Å².